The number of nitrogens with one attached hydrogen (secondary N) is 2. The summed E-state index contributed by atoms with van der Waals surface area (Å²) in [7, 11) is 3.50. The van der Waals surface area contributed by atoms with Crippen molar-refractivity contribution < 1.29 is 38.8 Å². The first kappa shape index (κ1) is 36.9. The van der Waals surface area contributed by atoms with E-state index in [2.05, 4.69) is 22.5 Å². The predicted molar refractivity (Wildman–Crippen MR) is 199 cm³/mol. The third-order valence-corrected chi connectivity index (χ3v) is 14.9. The molecule has 12 heteroatoms. The Bertz CT molecular complexity index is 1760. The van der Waals surface area contributed by atoms with E-state index in [9.17, 15) is 24.6 Å². The van der Waals surface area contributed by atoms with Crippen LogP contribution >= 0.6 is 11.6 Å². The van der Waals surface area contributed by atoms with E-state index >= 15 is 0 Å². The Hall–Kier alpha value is -3.06. The monoisotopic (exact) mass is 749 g/mol. The first-order valence-corrected chi connectivity index (χ1v) is 19.8. The summed E-state index contributed by atoms with van der Waals surface area (Å²) in [5.74, 6) is -1.01. The fraction of sp³-hybridized carbons (Fsp3) is 0.634. The maximum Gasteiger partial charge on any atom is 0.340 e. The van der Waals surface area contributed by atoms with Crippen LogP contribution in [0.25, 0.3) is 0 Å². The Morgan fingerprint density at radius 3 is 2.40 bits per heavy atom. The van der Waals surface area contributed by atoms with Crippen molar-refractivity contribution in [2.75, 3.05) is 50.4 Å². The number of aliphatic hydroxyl groups excluding tert-OH is 1. The topological polar surface area (TPSA) is 147 Å². The van der Waals surface area contributed by atoms with Gasteiger partial charge in [0.05, 0.1) is 53.0 Å². The van der Waals surface area contributed by atoms with Gasteiger partial charge in [0.25, 0.3) is 5.91 Å². The van der Waals surface area contributed by atoms with Crippen LogP contribution in [0.1, 0.15) is 72.6 Å². The number of fused-ring (bicyclic) bond motifs is 2. The van der Waals surface area contributed by atoms with Gasteiger partial charge in [-0.25, -0.2) is 4.79 Å². The maximum absolute atomic E-state index is 14.1. The van der Waals surface area contributed by atoms with E-state index in [-0.39, 0.29) is 88.7 Å². The lowest BCUT2D eigenvalue weighted by Crippen LogP contribution is -2.76. The van der Waals surface area contributed by atoms with E-state index in [1.807, 2.05) is 0 Å². The number of ether oxygens (including phenoxy) is 3. The summed E-state index contributed by atoms with van der Waals surface area (Å²) in [5, 5.41) is 30.2. The molecule has 5 aliphatic carbocycles. The highest BCUT2D eigenvalue weighted by atomic mass is 35.5. The molecule has 1 spiro atoms. The van der Waals surface area contributed by atoms with Crippen LogP contribution in [-0.4, -0.2) is 103 Å². The van der Waals surface area contributed by atoms with Gasteiger partial charge in [0, 0.05) is 74.1 Å². The SMILES string of the molecule is CCN1C[C@]2(COC(=O)c3ccccc3NC(=O)c3ccccc3NC(=O)CCCCl)CC[C@H](OC)C34C1C(C[C@@H]32)[C@@]1(O)C[C@H](OC)C2C[C@@H]4[C@@H]1[C@H]2O. The molecule has 1 saturated heterocycles. The van der Waals surface area contributed by atoms with E-state index in [0.717, 1.165) is 38.8 Å². The molecule has 7 bridgehead atoms. The standard InChI is InChI=1S/C41H52ClN3O8/c1-4-45-21-39(16-15-32(52-3)41-26-18-25-30(51-2)20-40(50,34(26)35(25)47)27(36(41)45)19-31(39)41)22-53-38(49)24-11-6-8-13-29(24)44-37(48)23-10-5-7-12-28(23)43-33(46)14-9-17-42/h5-8,10-13,25-27,30-32,34-36,47,50H,4,9,14-22H2,1-3H3,(H,43,46)(H,44,48)/t25?,26-,27?,30+,31-,32+,34-,35+,36?,39+,40+,41?/m1/s1. The molecule has 6 fully saturated rings. The van der Waals surface area contributed by atoms with E-state index < -0.39 is 23.6 Å². The number of alkyl halides is 1. The van der Waals surface area contributed by atoms with Crippen LogP contribution in [0, 0.1) is 40.4 Å². The molecule has 5 saturated carbocycles. The molecule has 8 rings (SSSR count). The summed E-state index contributed by atoms with van der Waals surface area (Å²) in [6.45, 7) is 3.91. The van der Waals surface area contributed by atoms with Gasteiger partial charge in [0.2, 0.25) is 5.91 Å². The molecule has 11 nitrogen and oxygen atoms in total. The molecule has 0 radical (unpaired) electrons. The number of nitrogens with zero attached hydrogens (tertiary/aromatic N) is 1. The van der Waals surface area contributed by atoms with Gasteiger partial charge in [-0.1, -0.05) is 31.2 Å². The number of anilines is 2. The summed E-state index contributed by atoms with van der Waals surface area (Å²) in [5.41, 5.74) is -0.534. The number of halogens is 1. The van der Waals surface area contributed by atoms with Gasteiger partial charge in [-0.15, -0.1) is 11.6 Å². The fourth-order valence-electron chi connectivity index (χ4n) is 12.8. The van der Waals surface area contributed by atoms with Crippen LogP contribution in [0.2, 0.25) is 0 Å². The number of carbonyl (C=O) groups excluding carboxylic acids is 3. The van der Waals surface area contributed by atoms with Gasteiger partial charge in [-0.2, -0.15) is 0 Å². The highest BCUT2D eigenvalue weighted by molar-refractivity contribution is 6.18. The minimum absolute atomic E-state index is 0.0303. The van der Waals surface area contributed by atoms with Crippen molar-refractivity contribution in [3.8, 4) is 0 Å². The second kappa shape index (κ2) is 13.9. The summed E-state index contributed by atoms with van der Waals surface area (Å²) in [4.78, 5) is 42.7. The van der Waals surface area contributed by atoms with Crippen molar-refractivity contribution in [2.24, 2.45) is 40.4 Å². The zero-order valence-corrected chi connectivity index (χ0v) is 31.5. The number of hydrogen-bond acceptors (Lipinski definition) is 9. The number of aliphatic hydroxyl groups is 2. The molecule has 12 atom stereocenters. The Morgan fingerprint density at radius 1 is 0.981 bits per heavy atom. The highest BCUT2D eigenvalue weighted by Gasteiger charge is 2.83. The third kappa shape index (κ3) is 5.43. The van der Waals surface area contributed by atoms with Crippen LogP contribution in [0.15, 0.2) is 48.5 Å². The lowest BCUT2D eigenvalue weighted by atomic mass is 9.43. The maximum atomic E-state index is 14.1. The number of likely N-dealkylation sites (tertiary alicyclic amines) is 1. The van der Waals surface area contributed by atoms with Crippen LogP contribution in [0.3, 0.4) is 0 Å². The molecule has 286 valence electrons. The second-order valence-electron chi connectivity index (χ2n) is 16.5. The van der Waals surface area contributed by atoms with Crippen molar-refractivity contribution in [3.63, 3.8) is 0 Å². The lowest BCUT2D eigenvalue weighted by Gasteiger charge is -2.69. The number of carbonyl (C=O) groups is 3. The van der Waals surface area contributed by atoms with Gasteiger partial charge in [0.1, 0.15) is 0 Å². The first-order valence-electron chi connectivity index (χ1n) is 19.3. The van der Waals surface area contributed by atoms with Crippen molar-refractivity contribution in [1.29, 1.82) is 0 Å². The van der Waals surface area contributed by atoms with Crippen LogP contribution in [-0.2, 0) is 19.0 Å². The van der Waals surface area contributed by atoms with Crippen molar-refractivity contribution in [2.45, 2.75) is 81.8 Å². The fourth-order valence-corrected chi connectivity index (χ4v) is 13.0. The van der Waals surface area contributed by atoms with Crippen molar-refractivity contribution in [1.82, 2.24) is 4.90 Å². The van der Waals surface area contributed by atoms with Gasteiger partial charge in [0.15, 0.2) is 0 Å². The molecule has 1 heterocycles. The average molecular weight is 750 g/mol. The third-order valence-electron chi connectivity index (χ3n) is 14.6. The number of hydrogen-bond donors (Lipinski definition) is 4. The minimum atomic E-state index is -1.05. The van der Waals surface area contributed by atoms with E-state index in [1.165, 1.54) is 0 Å². The Morgan fingerprint density at radius 2 is 1.70 bits per heavy atom. The number of piperidine rings is 1. The normalized spacial score (nSPS) is 39.0. The first-order chi connectivity index (χ1) is 25.6. The lowest BCUT2D eigenvalue weighted by molar-refractivity contribution is -0.275. The van der Waals surface area contributed by atoms with Gasteiger partial charge in [-0.3, -0.25) is 14.5 Å². The molecule has 1 aliphatic heterocycles. The number of para-hydroxylation sites is 2. The van der Waals surface area contributed by atoms with Crippen molar-refractivity contribution >= 4 is 40.8 Å². The summed E-state index contributed by atoms with van der Waals surface area (Å²) >= 11 is 5.75. The quantitative estimate of drug-likeness (QED) is 0.175. The highest BCUT2D eigenvalue weighted by Crippen LogP contribution is 2.79. The van der Waals surface area contributed by atoms with Gasteiger partial charge < -0.3 is 35.1 Å². The Balaban J connectivity index is 1.06. The van der Waals surface area contributed by atoms with E-state index in [1.54, 1.807) is 62.8 Å². The van der Waals surface area contributed by atoms with Crippen molar-refractivity contribution in [3.05, 3.63) is 59.7 Å². The van der Waals surface area contributed by atoms with Gasteiger partial charge >= 0.3 is 5.97 Å². The number of rotatable bonds is 12. The number of amides is 2. The average Bonchev–Trinajstić information content (AvgIpc) is 3.59. The van der Waals surface area contributed by atoms with Gasteiger partial charge in [-0.05, 0) is 74.8 Å². The molecule has 6 aliphatic rings. The molecule has 53 heavy (non-hydrogen) atoms. The number of benzene rings is 2. The smallest absolute Gasteiger partial charge is 0.340 e. The van der Waals surface area contributed by atoms with Crippen LogP contribution < -0.4 is 10.6 Å². The number of methoxy groups -OCH3 is 2. The molecule has 4 unspecified atom stereocenters. The van der Waals surface area contributed by atoms with E-state index in [4.69, 9.17) is 25.8 Å². The molecule has 2 aromatic carbocycles. The predicted octanol–water partition coefficient (Wildman–Crippen LogP) is 4.95. The zero-order chi connectivity index (χ0) is 37.3. The number of esters is 1. The second-order valence-corrected chi connectivity index (χ2v) is 16.9. The molecule has 2 aromatic rings. The molecule has 2 amide bonds. The Kier molecular flexibility index (Phi) is 9.68. The minimum Gasteiger partial charge on any atom is -0.461 e. The van der Waals surface area contributed by atoms with Crippen LogP contribution in [0.4, 0.5) is 11.4 Å². The zero-order valence-electron chi connectivity index (χ0n) is 30.8. The molecule has 0 aromatic heterocycles. The Labute approximate surface area is 316 Å². The van der Waals surface area contributed by atoms with Crippen LogP contribution in [0.5, 0.6) is 0 Å². The summed E-state index contributed by atoms with van der Waals surface area (Å²) in [6.07, 6.45) is 3.63. The largest absolute Gasteiger partial charge is 0.461 e. The van der Waals surface area contributed by atoms with E-state index in [0.29, 0.717) is 30.1 Å². The molecular formula is C41H52ClN3O8. The molecular weight excluding hydrogens is 698 g/mol. The summed E-state index contributed by atoms with van der Waals surface area (Å²) < 4.78 is 18.7. The molecule has 4 N–H and O–H groups in total. The summed E-state index contributed by atoms with van der Waals surface area (Å²) in [6, 6.07) is 13.7.